The topological polar surface area (TPSA) is 38.1 Å². The Bertz CT molecular complexity index is 333. The third kappa shape index (κ3) is 3.08. The van der Waals surface area contributed by atoms with Gasteiger partial charge in [0.2, 0.25) is 5.89 Å². The average Bonchev–Trinajstić information content (AvgIpc) is 2.63. The molecular formula is C13H22N2O. The first-order valence-electron chi connectivity index (χ1n) is 6.20. The molecule has 2 rings (SSSR count). The molecule has 0 radical (unpaired) electrons. The molecule has 0 amide bonds. The SMILES string of the molecule is Cc1cnc(CNC2CCC(C)(C)CC2)o1. The zero-order valence-corrected chi connectivity index (χ0v) is 10.5. The summed E-state index contributed by atoms with van der Waals surface area (Å²) in [5.74, 6) is 1.70. The van der Waals surface area contributed by atoms with E-state index in [2.05, 4.69) is 24.1 Å². The van der Waals surface area contributed by atoms with Crippen LogP contribution in [0.25, 0.3) is 0 Å². The van der Waals surface area contributed by atoms with Gasteiger partial charge in [0, 0.05) is 6.04 Å². The van der Waals surface area contributed by atoms with Crippen LogP contribution < -0.4 is 5.32 Å². The molecule has 3 heteroatoms. The van der Waals surface area contributed by atoms with E-state index in [0.717, 1.165) is 18.2 Å². The molecule has 0 saturated heterocycles. The van der Waals surface area contributed by atoms with Crippen molar-refractivity contribution in [3.05, 3.63) is 17.8 Å². The zero-order chi connectivity index (χ0) is 11.6. The maximum Gasteiger partial charge on any atom is 0.208 e. The number of rotatable bonds is 3. The highest BCUT2D eigenvalue weighted by atomic mass is 16.4. The maximum absolute atomic E-state index is 5.44. The highest BCUT2D eigenvalue weighted by molar-refractivity contribution is 4.91. The number of nitrogens with zero attached hydrogens (tertiary/aromatic N) is 1. The summed E-state index contributed by atoms with van der Waals surface area (Å²) in [5, 5.41) is 3.53. The molecule has 1 N–H and O–H groups in total. The minimum Gasteiger partial charge on any atom is -0.445 e. The molecule has 0 bridgehead atoms. The summed E-state index contributed by atoms with van der Waals surface area (Å²) in [6, 6.07) is 0.639. The van der Waals surface area contributed by atoms with Crippen molar-refractivity contribution in [1.82, 2.24) is 10.3 Å². The number of aromatic nitrogens is 1. The van der Waals surface area contributed by atoms with Gasteiger partial charge in [0.1, 0.15) is 5.76 Å². The fourth-order valence-electron chi connectivity index (χ4n) is 2.32. The van der Waals surface area contributed by atoms with Crippen LogP contribution in [0.5, 0.6) is 0 Å². The second-order valence-corrected chi connectivity index (χ2v) is 5.68. The predicted octanol–water partition coefficient (Wildman–Crippen LogP) is 3.04. The fraction of sp³-hybridized carbons (Fsp3) is 0.769. The summed E-state index contributed by atoms with van der Waals surface area (Å²) in [6.07, 6.45) is 6.95. The molecule has 0 aromatic carbocycles. The monoisotopic (exact) mass is 222 g/mol. The molecule has 16 heavy (non-hydrogen) atoms. The summed E-state index contributed by atoms with van der Waals surface area (Å²) in [4.78, 5) is 4.20. The van der Waals surface area contributed by atoms with E-state index in [1.165, 1.54) is 25.7 Å². The van der Waals surface area contributed by atoms with E-state index in [-0.39, 0.29) is 0 Å². The largest absolute Gasteiger partial charge is 0.445 e. The van der Waals surface area contributed by atoms with Gasteiger partial charge in [-0.2, -0.15) is 0 Å². The Hall–Kier alpha value is -0.830. The van der Waals surface area contributed by atoms with Gasteiger partial charge >= 0.3 is 0 Å². The van der Waals surface area contributed by atoms with E-state index in [9.17, 15) is 0 Å². The standard InChI is InChI=1S/C13H22N2O/c1-10-8-15-12(16-10)9-14-11-4-6-13(2,3)7-5-11/h8,11,14H,4-7,9H2,1-3H3. The van der Waals surface area contributed by atoms with Crippen LogP contribution in [-0.2, 0) is 6.54 Å². The van der Waals surface area contributed by atoms with Crippen LogP contribution in [0.15, 0.2) is 10.6 Å². The molecular weight excluding hydrogens is 200 g/mol. The molecule has 0 aliphatic heterocycles. The van der Waals surface area contributed by atoms with Crippen molar-refractivity contribution in [1.29, 1.82) is 0 Å². The summed E-state index contributed by atoms with van der Waals surface area (Å²) >= 11 is 0. The lowest BCUT2D eigenvalue weighted by Crippen LogP contribution is -2.35. The minimum atomic E-state index is 0.539. The van der Waals surface area contributed by atoms with Crippen LogP contribution in [0.2, 0.25) is 0 Å². The van der Waals surface area contributed by atoms with Crippen LogP contribution in [0.1, 0.15) is 51.2 Å². The molecule has 1 aliphatic rings. The lowest BCUT2D eigenvalue weighted by atomic mass is 9.75. The molecule has 0 atom stereocenters. The molecule has 1 heterocycles. The fourth-order valence-corrected chi connectivity index (χ4v) is 2.32. The van der Waals surface area contributed by atoms with Gasteiger partial charge < -0.3 is 9.73 Å². The Morgan fingerprint density at radius 1 is 1.44 bits per heavy atom. The van der Waals surface area contributed by atoms with Crippen LogP contribution in [0, 0.1) is 12.3 Å². The van der Waals surface area contributed by atoms with Gasteiger partial charge in [0.25, 0.3) is 0 Å². The van der Waals surface area contributed by atoms with E-state index in [1.807, 2.05) is 6.92 Å². The van der Waals surface area contributed by atoms with Gasteiger partial charge in [-0.1, -0.05) is 13.8 Å². The van der Waals surface area contributed by atoms with Gasteiger partial charge in [-0.3, -0.25) is 0 Å². The maximum atomic E-state index is 5.44. The van der Waals surface area contributed by atoms with Gasteiger partial charge in [-0.25, -0.2) is 4.98 Å². The van der Waals surface area contributed by atoms with E-state index in [4.69, 9.17) is 4.42 Å². The Balaban J connectivity index is 1.75. The van der Waals surface area contributed by atoms with E-state index >= 15 is 0 Å². The average molecular weight is 222 g/mol. The normalized spacial score (nSPS) is 21.2. The molecule has 1 aliphatic carbocycles. The number of hydrogen-bond acceptors (Lipinski definition) is 3. The van der Waals surface area contributed by atoms with Crippen LogP contribution in [0.3, 0.4) is 0 Å². The quantitative estimate of drug-likeness (QED) is 0.854. The minimum absolute atomic E-state index is 0.539. The van der Waals surface area contributed by atoms with E-state index < -0.39 is 0 Å². The Kier molecular flexibility index (Phi) is 3.33. The molecule has 1 aromatic heterocycles. The van der Waals surface area contributed by atoms with Gasteiger partial charge in [0.05, 0.1) is 12.7 Å². The van der Waals surface area contributed by atoms with Crippen LogP contribution in [-0.4, -0.2) is 11.0 Å². The zero-order valence-electron chi connectivity index (χ0n) is 10.5. The molecule has 90 valence electrons. The smallest absolute Gasteiger partial charge is 0.208 e. The summed E-state index contributed by atoms with van der Waals surface area (Å²) in [5.41, 5.74) is 0.539. The number of hydrogen-bond donors (Lipinski definition) is 1. The van der Waals surface area contributed by atoms with Gasteiger partial charge in [0.15, 0.2) is 0 Å². The first-order chi connectivity index (χ1) is 7.55. The van der Waals surface area contributed by atoms with Crippen molar-refractivity contribution < 1.29 is 4.42 Å². The third-order valence-electron chi connectivity index (χ3n) is 3.55. The van der Waals surface area contributed by atoms with E-state index in [1.54, 1.807) is 6.20 Å². The van der Waals surface area contributed by atoms with Crippen molar-refractivity contribution in [2.45, 2.75) is 59.0 Å². The Morgan fingerprint density at radius 2 is 2.12 bits per heavy atom. The lowest BCUT2D eigenvalue weighted by molar-refractivity contribution is 0.203. The van der Waals surface area contributed by atoms with Crippen molar-refractivity contribution in [3.63, 3.8) is 0 Å². The van der Waals surface area contributed by atoms with Crippen LogP contribution in [0.4, 0.5) is 0 Å². The Morgan fingerprint density at radius 3 is 2.69 bits per heavy atom. The summed E-state index contributed by atoms with van der Waals surface area (Å²) < 4.78 is 5.44. The molecule has 1 aromatic rings. The van der Waals surface area contributed by atoms with Crippen molar-refractivity contribution in [2.75, 3.05) is 0 Å². The second kappa shape index (κ2) is 4.58. The molecule has 0 unspecified atom stereocenters. The number of oxazole rings is 1. The van der Waals surface area contributed by atoms with Crippen LogP contribution >= 0.6 is 0 Å². The molecule has 1 fully saturated rings. The Labute approximate surface area is 97.6 Å². The lowest BCUT2D eigenvalue weighted by Gasteiger charge is -2.34. The van der Waals surface area contributed by atoms with Crippen molar-refractivity contribution in [2.24, 2.45) is 5.41 Å². The first kappa shape index (κ1) is 11.6. The predicted molar refractivity (Wildman–Crippen MR) is 64.1 cm³/mol. The van der Waals surface area contributed by atoms with Gasteiger partial charge in [-0.15, -0.1) is 0 Å². The van der Waals surface area contributed by atoms with E-state index in [0.29, 0.717) is 11.5 Å². The molecule has 1 saturated carbocycles. The molecule has 3 nitrogen and oxygen atoms in total. The van der Waals surface area contributed by atoms with Crippen molar-refractivity contribution >= 4 is 0 Å². The summed E-state index contributed by atoms with van der Waals surface area (Å²) in [6.45, 7) is 7.42. The number of nitrogens with one attached hydrogen (secondary N) is 1. The summed E-state index contributed by atoms with van der Waals surface area (Å²) in [7, 11) is 0. The van der Waals surface area contributed by atoms with Crippen molar-refractivity contribution in [3.8, 4) is 0 Å². The highest BCUT2D eigenvalue weighted by Crippen LogP contribution is 2.34. The molecule has 0 spiro atoms. The first-order valence-corrected chi connectivity index (χ1v) is 6.20. The van der Waals surface area contributed by atoms with Gasteiger partial charge in [-0.05, 0) is 38.0 Å². The third-order valence-corrected chi connectivity index (χ3v) is 3.55. The number of aryl methyl sites for hydroxylation is 1. The highest BCUT2D eigenvalue weighted by Gasteiger charge is 2.26. The second-order valence-electron chi connectivity index (χ2n) is 5.68.